The number of alkyl halides is 1. The number of hydrogen-bond acceptors (Lipinski definition) is 1. The predicted molar refractivity (Wildman–Crippen MR) is 74.7 cm³/mol. The molecule has 1 nitrogen and oxygen atoms in total. The summed E-state index contributed by atoms with van der Waals surface area (Å²) in [5.41, 5.74) is 0.927. The van der Waals surface area contributed by atoms with Crippen LogP contribution in [0.15, 0.2) is 18.2 Å². The Hall–Kier alpha value is -0.310. The van der Waals surface area contributed by atoms with Gasteiger partial charge in [-0.1, -0.05) is 30.5 Å². The van der Waals surface area contributed by atoms with Crippen molar-refractivity contribution in [1.29, 1.82) is 0 Å². The van der Waals surface area contributed by atoms with Gasteiger partial charge in [0.25, 0.3) is 0 Å². The minimum Gasteiger partial charge on any atom is -0.310 e. The van der Waals surface area contributed by atoms with E-state index >= 15 is 0 Å². The van der Waals surface area contributed by atoms with Gasteiger partial charge in [-0.25, -0.2) is 4.39 Å². The summed E-state index contributed by atoms with van der Waals surface area (Å²) in [5, 5.41) is 3.67. The average molecular weight is 290 g/mol. The molecule has 0 radical (unpaired) electrons. The normalized spacial score (nSPS) is 24.2. The topological polar surface area (TPSA) is 12.0 Å². The molecule has 0 heterocycles. The van der Waals surface area contributed by atoms with Crippen molar-refractivity contribution in [2.24, 2.45) is 5.92 Å². The van der Waals surface area contributed by atoms with Crippen molar-refractivity contribution < 1.29 is 4.39 Å². The van der Waals surface area contributed by atoms with Gasteiger partial charge >= 0.3 is 0 Å². The molecule has 0 aromatic heterocycles. The Kier molecular flexibility index (Phi) is 5.28. The maximum atomic E-state index is 13.3. The quantitative estimate of drug-likeness (QED) is 0.812. The van der Waals surface area contributed by atoms with Crippen LogP contribution in [0.1, 0.15) is 31.2 Å². The van der Waals surface area contributed by atoms with Crippen LogP contribution in [0.2, 0.25) is 5.02 Å². The van der Waals surface area contributed by atoms with Crippen molar-refractivity contribution in [1.82, 2.24) is 5.32 Å². The van der Waals surface area contributed by atoms with Crippen molar-refractivity contribution in [3.63, 3.8) is 0 Å². The third-order valence-corrected chi connectivity index (χ3v) is 4.36. The lowest BCUT2D eigenvalue weighted by molar-refractivity contribution is 0.282. The minimum atomic E-state index is -0.353. The Morgan fingerprint density at radius 1 is 1.28 bits per heavy atom. The van der Waals surface area contributed by atoms with E-state index in [4.69, 9.17) is 23.2 Å². The molecule has 4 heteroatoms. The molecule has 2 atom stereocenters. The first-order chi connectivity index (χ1) is 8.70. The molecule has 1 aliphatic carbocycles. The highest BCUT2D eigenvalue weighted by molar-refractivity contribution is 6.30. The highest BCUT2D eigenvalue weighted by Gasteiger charge is 2.23. The lowest BCUT2D eigenvalue weighted by Crippen LogP contribution is -2.38. The lowest BCUT2D eigenvalue weighted by Gasteiger charge is -2.31. The van der Waals surface area contributed by atoms with E-state index in [1.807, 2.05) is 6.07 Å². The van der Waals surface area contributed by atoms with E-state index in [1.165, 1.54) is 25.3 Å². The maximum Gasteiger partial charge on any atom is 0.142 e. The molecule has 0 amide bonds. The summed E-state index contributed by atoms with van der Waals surface area (Å²) in [6, 6.07) is 5.41. The highest BCUT2D eigenvalue weighted by Crippen LogP contribution is 2.25. The Labute approximate surface area is 118 Å². The van der Waals surface area contributed by atoms with Gasteiger partial charge in [0, 0.05) is 18.5 Å². The van der Waals surface area contributed by atoms with Gasteiger partial charge in [0.05, 0.1) is 5.02 Å². The molecule has 1 aromatic rings. The van der Waals surface area contributed by atoms with Crippen LogP contribution in [0.25, 0.3) is 0 Å². The Bertz CT molecular complexity index is 397. The Morgan fingerprint density at radius 2 is 2.06 bits per heavy atom. The van der Waals surface area contributed by atoms with E-state index in [1.54, 1.807) is 6.07 Å². The smallest absolute Gasteiger partial charge is 0.142 e. The number of benzene rings is 1. The second kappa shape index (κ2) is 6.74. The fourth-order valence-corrected chi connectivity index (χ4v) is 3.05. The summed E-state index contributed by atoms with van der Waals surface area (Å²) in [4.78, 5) is 0. The zero-order chi connectivity index (χ0) is 13.0. The van der Waals surface area contributed by atoms with Crippen LogP contribution in [-0.2, 0) is 6.54 Å². The van der Waals surface area contributed by atoms with Gasteiger partial charge in [-0.3, -0.25) is 0 Å². The molecule has 1 fully saturated rings. The largest absolute Gasteiger partial charge is 0.310 e. The minimum absolute atomic E-state index is 0.176. The zero-order valence-corrected chi connectivity index (χ0v) is 11.8. The van der Waals surface area contributed by atoms with Gasteiger partial charge in [-0.05, 0) is 36.5 Å². The monoisotopic (exact) mass is 289 g/mol. The van der Waals surface area contributed by atoms with Gasteiger partial charge in [0.2, 0.25) is 0 Å². The van der Waals surface area contributed by atoms with E-state index in [0.717, 1.165) is 12.0 Å². The first-order valence-electron chi connectivity index (χ1n) is 6.44. The van der Waals surface area contributed by atoms with Gasteiger partial charge in [0.15, 0.2) is 0 Å². The molecule has 0 aliphatic heterocycles. The predicted octanol–water partition coefficient (Wildman–Crippen LogP) is 4.37. The Morgan fingerprint density at radius 3 is 2.78 bits per heavy atom. The van der Waals surface area contributed by atoms with Crippen LogP contribution in [0.4, 0.5) is 4.39 Å². The van der Waals surface area contributed by atoms with Crippen molar-refractivity contribution in [2.45, 2.75) is 38.3 Å². The number of hydrogen-bond donors (Lipinski definition) is 1. The number of halogens is 3. The van der Waals surface area contributed by atoms with Gasteiger partial charge in [-0.15, -0.1) is 11.6 Å². The fraction of sp³-hybridized carbons (Fsp3) is 0.571. The van der Waals surface area contributed by atoms with Crippen LogP contribution >= 0.6 is 23.2 Å². The molecule has 1 saturated carbocycles. The molecule has 0 saturated heterocycles. The molecule has 1 N–H and O–H groups in total. The van der Waals surface area contributed by atoms with Gasteiger partial charge in [0.1, 0.15) is 5.82 Å². The van der Waals surface area contributed by atoms with Crippen LogP contribution < -0.4 is 5.32 Å². The molecule has 18 heavy (non-hydrogen) atoms. The molecule has 2 rings (SSSR count). The van der Waals surface area contributed by atoms with E-state index in [2.05, 4.69) is 5.32 Å². The first kappa shape index (κ1) is 14.1. The van der Waals surface area contributed by atoms with Gasteiger partial charge in [-0.2, -0.15) is 0 Å². The van der Waals surface area contributed by atoms with Crippen molar-refractivity contribution in [3.8, 4) is 0 Å². The van der Waals surface area contributed by atoms with E-state index < -0.39 is 0 Å². The molecule has 1 aromatic carbocycles. The molecule has 0 bridgehead atoms. The van der Waals surface area contributed by atoms with E-state index in [0.29, 0.717) is 24.4 Å². The Balaban J connectivity index is 1.91. The highest BCUT2D eigenvalue weighted by atomic mass is 35.5. The standard InChI is InChI=1S/C14H18Cl2FN/c15-8-11-3-1-2-4-14(11)18-9-10-5-6-12(16)13(17)7-10/h5-7,11,14,18H,1-4,8-9H2. The van der Waals surface area contributed by atoms with Gasteiger partial charge < -0.3 is 5.32 Å². The summed E-state index contributed by atoms with van der Waals surface area (Å²) >= 11 is 11.6. The summed E-state index contributed by atoms with van der Waals surface area (Å²) in [6.45, 7) is 0.673. The number of rotatable bonds is 4. The van der Waals surface area contributed by atoms with E-state index in [-0.39, 0.29) is 10.8 Å². The molecule has 0 spiro atoms. The molecule has 1 aliphatic rings. The molecule has 2 unspecified atom stereocenters. The second-order valence-electron chi connectivity index (χ2n) is 4.93. The third-order valence-electron chi connectivity index (χ3n) is 3.66. The summed E-state index contributed by atoms with van der Waals surface area (Å²) in [7, 11) is 0. The van der Waals surface area contributed by atoms with Crippen molar-refractivity contribution in [3.05, 3.63) is 34.6 Å². The van der Waals surface area contributed by atoms with Crippen LogP contribution in [0, 0.1) is 11.7 Å². The molecule has 100 valence electrons. The summed E-state index contributed by atoms with van der Waals surface area (Å²) in [5.74, 6) is 0.887. The second-order valence-corrected chi connectivity index (χ2v) is 5.65. The number of nitrogens with one attached hydrogen (secondary N) is 1. The first-order valence-corrected chi connectivity index (χ1v) is 7.35. The van der Waals surface area contributed by atoms with Crippen LogP contribution in [0.5, 0.6) is 0 Å². The van der Waals surface area contributed by atoms with E-state index in [9.17, 15) is 4.39 Å². The van der Waals surface area contributed by atoms with Crippen molar-refractivity contribution in [2.75, 3.05) is 5.88 Å². The van der Waals surface area contributed by atoms with Crippen molar-refractivity contribution >= 4 is 23.2 Å². The SMILES string of the molecule is Fc1cc(CNC2CCCCC2CCl)ccc1Cl. The molecular formula is C14H18Cl2FN. The average Bonchev–Trinajstić information content (AvgIpc) is 2.40. The zero-order valence-electron chi connectivity index (χ0n) is 10.3. The third kappa shape index (κ3) is 3.59. The lowest BCUT2D eigenvalue weighted by atomic mass is 9.85. The summed E-state index contributed by atoms with van der Waals surface area (Å²) in [6.07, 6.45) is 4.87. The van der Waals surface area contributed by atoms with Crippen LogP contribution in [0.3, 0.4) is 0 Å². The van der Waals surface area contributed by atoms with Crippen LogP contribution in [-0.4, -0.2) is 11.9 Å². The molecular weight excluding hydrogens is 272 g/mol. The fourth-order valence-electron chi connectivity index (χ4n) is 2.56. The summed E-state index contributed by atoms with van der Waals surface area (Å²) < 4.78 is 13.3. The maximum absolute atomic E-state index is 13.3.